The molecule has 0 aromatic carbocycles. The second-order valence-corrected chi connectivity index (χ2v) is 6.73. The molecule has 0 N–H and O–H groups in total. The van der Waals surface area contributed by atoms with Crippen molar-refractivity contribution in [1.82, 2.24) is 24.0 Å². The molecule has 122 valence electrons. The summed E-state index contributed by atoms with van der Waals surface area (Å²) in [5, 5.41) is 6.58. The molecule has 0 atom stereocenters. The Morgan fingerprint density at radius 3 is 2.88 bits per heavy atom. The number of rotatable bonds is 5. The van der Waals surface area contributed by atoms with E-state index in [0.717, 1.165) is 30.9 Å². The molecule has 0 radical (unpaired) electrons. The molecule has 0 spiro atoms. The molecular formula is C17H17N5OS. The van der Waals surface area contributed by atoms with Gasteiger partial charge in [-0.2, -0.15) is 5.10 Å². The fourth-order valence-electron chi connectivity index (χ4n) is 2.98. The molecular weight excluding hydrogens is 322 g/mol. The molecule has 0 amide bonds. The first kappa shape index (κ1) is 15.2. The van der Waals surface area contributed by atoms with E-state index in [1.165, 1.54) is 17.1 Å². The molecule has 1 aliphatic rings. The van der Waals surface area contributed by atoms with Crippen LogP contribution >= 0.6 is 11.5 Å². The fourth-order valence-corrected chi connectivity index (χ4v) is 3.50. The minimum Gasteiger partial charge on any atom is -0.298 e. The van der Waals surface area contributed by atoms with Crippen LogP contribution in [0.4, 0.5) is 0 Å². The maximum absolute atomic E-state index is 12.1. The molecule has 7 heteroatoms. The van der Waals surface area contributed by atoms with Gasteiger partial charge in [-0.15, -0.1) is 0 Å². The van der Waals surface area contributed by atoms with E-state index >= 15 is 0 Å². The average molecular weight is 339 g/mol. The Balaban J connectivity index is 1.41. The quantitative estimate of drug-likeness (QED) is 0.710. The SMILES string of the molecule is O=c1ccc(-c2cccnc2)nn1CC1CN(Cc2cnsc2)C1. The molecule has 0 aliphatic carbocycles. The Morgan fingerprint density at radius 2 is 2.12 bits per heavy atom. The number of pyridine rings is 1. The van der Waals surface area contributed by atoms with E-state index in [4.69, 9.17) is 0 Å². The molecule has 0 bridgehead atoms. The normalized spacial score (nSPS) is 15.3. The van der Waals surface area contributed by atoms with Gasteiger partial charge in [-0.1, -0.05) is 0 Å². The highest BCUT2D eigenvalue weighted by Gasteiger charge is 2.27. The van der Waals surface area contributed by atoms with Gasteiger partial charge in [0.05, 0.1) is 12.2 Å². The second kappa shape index (κ2) is 6.62. The van der Waals surface area contributed by atoms with Gasteiger partial charge < -0.3 is 0 Å². The maximum Gasteiger partial charge on any atom is 0.266 e. The highest BCUT2D eigenvalue weighted by atomic mass is 32.1. The van der Waals surface area contributed by atoms with E-state index in [0.29, 0.717) is 12.5 Å². The fraction of sp³-hybridized carbons (Fsp3) is 0.294. The van der Waals surface area contributed by atoms with Gasteiger partial charge in [-0.25, -0.2) is 9.06 Å². The van der Waals surface area contributed by atoms with Gasteiger partial charge in [-0.3, -0.25) is 14.7 Å². The first-order valence-electron chi connectivity index (χ1n) is 7.87. The molecule has 3 aromatic heterocycles. The van der Waals surface area contributed by atoms with Crippen molar-refractivity contribution in [2.45, 2.75) is 13.1 Å². The lowest BCUT2D eigenvalue weighted by Crippen LogP contribution is -2.48. The molecule has 1 saturated heterocycles. The van der Waals surface area contributed by atoms with Crippen molar-refractivity contribution < 1.29 is 0 Å². The van der Waals surface area contributed by atoms with E-state index in [2.05, 4.69) is 24.7 Å². The third-order valence-corrected chi connectivity index (χ3v) is 4.81. The van der Waals surface area contributed by atoms with Crippen molar-refractivity contribution in [3.8, 4) is 11.3 Å². The Kier molecular flexibility index (Phi) is 4.18. The van der Waals surface area contributed by atoms with E-state index < -0.39 is 0 Å². The summed E-state index contributed by atoms with van der Waals surface area (Å²) in [6.07, 6.45) is 5.41. The van der Waals surface area contributed by atoms with Crippen molar-refractivity contribution in [3.63, 3.8) is 0 Å². The lowest BCUT2D eigenvalue weighted by Gasteiger charge is -2.39. The van der Waals surface area contributed by atoms with Gasteiger partial charge in [0, 0.05) is 61.2 Å². The van der Waals surface area contributed by atoms with Gasteiger partial charge in [-0.05, 0) is 35.3 Å². The summed E-state index contributed by atoms with van der Waals surface area (Å²) in [5.41, 5.74) is 2.91. The minimum atomic E-state index is -0.0527. The Morgan fingerprint density at radius 1 is 1.21 bits per heavy atom. The molecule has 0 unspecified atom stereocenters. The molecule has 24 heavy (non-hydrogen) atoms. The predicted octanol–water partition coefficient (Wildman–Crippen LogP) is 1.89. The van der Waals surface area contributed by atoms with Crippen molar-refractivity contribution in [2.24, 2.45) is 5.92 Å². The summed E-state index contributed by atoms with van der Waals surface area (Å²) in [4.78, 5) is 18.6. The summed E-state index contributed by atoms with van der Waals surface area (Å²) in [6, 6.07) is 7.16. The maximum atomic E-state index is 12.1. The zero-order valence-electron chi connectivity index (χ0n) is 13.1. The van der Waals surface area contributed by atoms with Gasteiger partial charge in [0.1, 0.15) is 0 Å². The molecule has 6 nitrogen and oxygen atoms in total. The summed E-state index contributed by atoms with van der Waals surface area (Å²) >= 11 is 1.48. The third-order valence-electron chi connectivity index (χ3n) is 4.18. The largest absolute Gasteiger partial charge is 0.298 e. The van der Waals surface area contributed by atoms with Gasteiger partial charge in [0.15, 0.2) is 0 Å². The van der Waals surface area contributed by atoms with Crippen molar-refractivity contribution in [3.05, 3.63) is 64.2 Å². The minimum absolute atomic E-state index is 0.0527. The van der Waals surface area contributed by atoms with Crippen LogP contribution in [0.1, 0.15) is 5.56 Å². The molecule has 4 heterocycles. The van der Waals surface area contributed by atoms with Crippen LogP contribution in [-0.2, 0) is 13.1 Å². The van der Waals surface area contributed by atoms with Gasteiger partial charge in [0.25, 0.3) is 5.56 Å². The number of likely N-dealkylation sites (tertiary alicyclic amines) is 1. The van der Waals surface area contributed by atoms with Crippen LogP contribution in [0.15, 0.2) is 53.0 Å². The van der Waals surface area contributed by atoms with E-state index in [9.17, 15) is 4.79 Å². The van der Waals surface area contributed by atoms with E-state index in [-0.39, 0.29) is 5.56 Å². The summed E-state index contributed by atoms with van der Waals surface area (Å²) in [6.45, 7) is 3.57. The van der Waals surface area contributed by atoms with Crippen molar-refractivity contribution in [2.75, 3.05) is 13.1 Å². The highest BCUT2D eigenvalue weighted by molar-refractivity contribution is 7.03. The summed E-state index contributed by atoms with van der Waals surface area (Å²) in [7, 11) is 0. The second-order valence-electron chi connectivity index (χ2n) is 6.07. The number of nitrogens with zero attached hydrogens (tertiary/aromatic N) is 5. The van der Waals surface area contributed by atoms with Crippen molar-refractivity contribution in [1.29, 1.82) is 0 Å². The van der Waals surface area contributed by atoms with Crippen molar-refractivity contribution >= 4 is 11.5 Å². The summed E-state index contributed by atoms with van der Waals surface area (Å²) in [5.74, 6) is 0.464. The van der Waals surface area contributed by atoms with Crippen LogP contribution < -0.4 is 5.56 Å². The number of hydrogen-bond acceptors (Lipinski definition) is 6. The summed E-state index contributed by atoms with van der Waals surface area (Å²) < 4.78 is 5.70. The van der Waals surface area contributed by atoms with Crippen LogP contribution in [0.3, 0.4) is 0 Å². The monoisotopic (exact) mass is 339 g/mol. The van der Waals surface area contributed by atoms with Crippen LogP contribution in [-0.4, -0.2) is 37.1 Å². The third kappa shape index (κ3) is 3.27. The first-order valence-corrected chi connectivity index (χ1v) is 8.71. The topological polar surface area (TPSA) is 63.9 Å². The smallest absolute Gasteiger partial charge is 0.266 e. The highest BCUT2D eigenvalue weighted by Crippen LogP contribution is 2.20. The van der Waals surface area contributed by atoms with Gasteiger partial charge in [0.2, 0.25) is 0 Å². The Hall–Kier alpha value is -2.38. The molecule has 4 rings (SSSR count). The van der Waals surface area contributed by atoms with Gasteiger partial charge >= 0.3 is 0 Å². The van der Waals surface area contributed by atoms with Crippen LogP contribution in [0.5, 0.6) is 0 Å². The Bertz CT molecular complexity index is 856. The number of aromatic nitrogens is 4. The van der Waals surface area contributed by atoms with Crippen LogP contribution in [0.25, 0.3) is 11.3 Å². The van der Waals surface area contributed by atoms with E-state index in [1.54, 1.807) is 29.2 Å². The van der Waals surface area contributed by atoms with Crippen LogP contribution in [0.2, 0.25) is 0 Å². The molecule has 1 fully saturated rings. The molecule has 3 aromatic rings. The lowest BCUT2D eigenvalue weighted by molar-refractivity contribution is 0.0768. The number of hydrogen-bond donors (Lipinski definition) is 0. The predicted molar refractivity (Wildman–Crippen MR) is 92.6 cm³/mol. The standard InChI is InChI=1S/C17H17N5OS/c23-17-4-3-16(15-2-1-5-18-7-15)20-22(17)11-14-9-21(10-14)8-13-6-19-24-12-13/h1-7,12,14H,8-11H2. The first-order chi connectivity index (χ1) is 11.8. The average Bonchev–Trinajstić information content (AvgIpc) is 3.08. The molecule has 0 saturated carbocycles. The lowest BCUT2D eigenvalue weighted by atomic mass is 10.00. The van der Waals surface area contributed by atoms with Crippen LogP contribution in [0, 0.1) is 5.92 Å². The zero-order valence-corrected chi connectivity index (χ0v) is 13.9. The van der Waals surface area contributed by atoms with E-state index in [1.807, 2.05) is 18.3 Å². The zero-order chi connectivity index (χ0) is 16.4. The Labute approximate surface area is 143 Å². The molecule has 1 aliphatic heterocycles.